The van der Waals surface area contributed by atoms with Gasteiger partial charge in [0.05, 0.1) is 0 Å². The van der Waals surface area contributed by atoms with E-state index in [4.69, 9.17) is 0 Å². The summed E-state index contributed by atoms with van der Waals surface area (Å²) in [5.74, 6) is 1.80. The zero-order valence-electron chi connectivity index (χ0n) is 9.69. The molecule has 0 saturated heterocycles. The highest BCUT2D eigenvalue weighted by Gasteiger charge is 2.36. The lowest BCUT2D eigenvalue weighted by Gasteiger charge is -2.24. The summed E-state index contributed by atoms with van der Waals surface area (Å²) in [4.78, 5) is 0. The molecular formula is C12H25N. The fourth-order valence-corrected chi connectivity index (χ4v) is 1.87. The number of hydrogen-bond donors (Lipinski definition) is 1. The molecule has 1 heteroatoms. The SMILES string of the molecule is CC(C)CNCCC(C)(C)C1CC1. The van der Waals surface area contributed by atoms with Crippen LogP contribution in [0, 0.1) is 17.3 Å². The first-order chi connectivity index (χ1) is 6.02. The summed E-state index contributed by atoms with van der Waals surface area (Å²) in [6, 6.07) is 0. The highest BCUT2D eigenvalue weighted by molar-refractivity contribution is 4.88. The summed E-state index contributed by atoms with van der Waals surface area (Å²) in [6.07, 6.45) is 4.28. The Morgan fingerprint density at radius 1 is 1.31 bits per heavy atom. The Balaban J connectivity index is 2.04. The van der Waals surface area contributed by atoms with Gasteiger partial charge in [-0.15, -0.1) is 0 Å². The molecule has 1 N–H and O–H groups in total. The van der Waals surface area contributed by atoms with Crippen molar-refractivity contribution in [3.05, 3.63) is 0 Å². The van der Waals surface area contributed by atoms with Gasteiger partial charge in [-0.25, -0.2) is 0 Å². The Labute approximate surface area is 83.3 Å². The topological polar surface area (TPSA) is 12.0 Å². The van der Waals surface area contributed by atoms with Gasteiger partial charge in [0.1, 0.15) is 0 Å². The Morgan fingerprint density at radius 3 is 2.38 bits per heavy atom. The maximum Gasteiger partial charge on any atom is -0.00258 e. The molecule has 0 spiro atoms. The third-order valence-electron chi connectivity index (χ3n) is 3.18. The zero-order chi connectivity index (χ0) is 9.90. The van der Waals surface area contributed by atoms with E-state index in [0.717, 1.165) is 11.8 Å². The van der Waals surface area contributed by atoms with Crippen LogP contribution in [0.5, 0.6) is 0 Å². The van der Waals surface area contributed by atoms with E-state index in [0.29, 0.717) is 5.41 Å². The monoisotopic (exact) mass is 183 g/mol. The van der Waals surface area contributed by atoms with Gasteiger partial charge in [0.2, 0.25) is 0 Å². The molecule has 0 atom stereocenters. The molecular weight excluding hydrogens is 158 g/mol. The molecule has 0 unspecified atom stereocenters. The molecule has 1 aliphatic carbocycles. The molecule has 1 aliphatic rings. The van der Waals surface area contributed by atoms with Crippen molar-refractivity contribution >= 4 is 0 Å². The highest BCUT2D eigenvalue weighted by Crippen LogP contribution is 2.46. The average Bonchev–Trinajstić information content (AvgIpc) is 2.79. The van der Waals surface area contributed by atoms with E-state index in [2.05, 4.69) is 33.0 Å². The van der Waals surface area contributed by atoms with Crippen LogP contribution in [-0.4, -0.2) is 13.1 Å². The van der Waals surface area contributed by atoms with Gasteiger partial charge >= 0.3 is 0 Å². The Kier molecular flexibility index (Phi) is 3.78. The van der Waals surface area contributed by atoms with Crippen LogP contribution >= 0.6 is 0 Å². The molecule has 0 aliphatic heterocycles. The van der Waals surface area contributed by atoms with Crippen molar-refractivity contribution in [1.82, 2.24) is 5.32 Å². The van der Waals surface area contributed by atoms with E-state index in [1.807, 2.05) is 0 Å². The molecule has 78 valence electrons. The second-order valence-electron chi connectivity index (χ2n) is 5.61. The second kappa shape index (κ2) is 4.45. The molecule has 0 amide bonds. The van der Waals surface area contributed by atoms with Crippen LogP contribution in [-0.2, 0) is 0 Å². The summed E-state index contributed by atoms with van der Waals surface area (Å²) < 4.78 is 0. The minimum absolute atomic E-state index is 0.587. The van der Waals surface area contributed by atoms with Crippen LogP contribution in [0.15, 0.2) is 0 Å². The van der Waals surface area contributed by atoms with Crippen LogP contribution in [0.1, 0.15) is 47.0 Å². The van der Waals surface area contributed by atoms with Crippen molar-refractivity contribution < 1.29 is 0 Å². The molecule has 0 aromatic carbocycles. The lowest BCUT2D eigenvalue weighted by molar-refractivity contribution is 0.277. The summed E-state index contributed by atoms with van der Waals surface area (Å²) in [6.45, 7) is 11.7. The van der Waals surface area contributed by atoms with Crippen molar-refractivity contribution in [2.75, 3.05) is 13.1 Å². The van der Waals surface area contributed by atoms with Crippen LogP contribution in [0.3, 0.4) is 0 Å². The van der Waals surface area contributed by atoms with Gasteiger partial charge in [-0.05, 0) is 49.6 Å². The van der Waals surface area contributed by atoms with E-state index in [9.17, 15) is 0 Å². The van der Waals surface area contributed by atoms with Gasteiger partial charge in [0, 0.05) is 0 Å². The Morgan fingerprint density at radius 2 is 1.92 bits per heavy atom. The normalized spacial score (nSPS) is 18.2. The minimum Gasteiger partial charge on any atom is -0.316 e. The smallest absolute Gasteiger partial charge is 0.00258 e. The fraction of sp³-hybridized carbons (Fsp3) is 1.00. The number of hydrogen-bond acceptors (Lipinski definition) is 1. The molecule has 0 aromatic heterocycles. The molecule has 1 rings (SSSR count). The van der Waals surface area contributed by atoms with E-state index in [-0.39, 0.29) is 0 Å². The van der Waals surface area contributed by atoms with Gasteiger partial charge in [-0.2, -0.15) is 0 Å². The van der Waals surface area contributed by atoms with Gasteiger partial charge in [-0.3, -0.25) is 0 Å². The number of nitrogens with one attached hydrogen (secondary N) is 1. The fourth-order valence-electron chi connectivity index (χ4n) is 1.87. The molecule has 13 heavy (non-hydrogen) atoms. The van der Waals surface area contributed by atoms with Crippen LogP contribution < -0.4 is 5.32 Å². The third kappa shape index (κ3) is 4.12. The Hall–Kier alpha value is -0.0400. The van der Waals surface area contributed by atoms with Crippen molar-refractivity contribution in [3.63, 3.8) is 0 Å². The van der Waals surface area contributed by atoms with Crippen LogP contribution in [0.25, 0.3) is 0 Å². The summed E-state index contributed by atoms with van der Waals surface area (Å²) in [5.41, 5.74) is 0.587. The van der Waals surface area contributed by atoms with E-state index >= 15 is 0 Å². The minimum atomic E-state index is 0.587. The van der Waals surface area contributed by atoms with Crippen molar-refractivity contribution in [1.29, 1.82) is 0 Å². The second-order valence-corrected chi connectivity index (χ2v) is 5.61. The first-order valence-corrected chi connectivity index (χ1v) is 5.73. The lowest BCUT2D eigenvalue weighted by Crippen LogP contribution is -2.26. The van der Waals surface area contributed by atoms with Gasteiger partial charge in [0.15, 0.2) is 0 Å². The van der Waals surface area contributed by atoms with Gasteiger partial charge in [0.25, 0.3) is 0 Å². The van der Waals surface area contributed by atoms with Crippen molar-refractivity contribution in [2.45, 2.75) is 47.0 Å². The molecule has 0 bridgehead atoms. The molecule has 1 saturated carbocycles. The van der Waals surface area contributed by atoms with Gasteiger partial charge < -0.3 is 5.32 Å². The van der Waals surface area contributed by atoms with E-state index in [1.54, 1.807) is 0 Å². The lowest BCUT2D eigenvalue weighted by atomic mass is 9.84. The van der Waals surface area contributed by atoms with Crippen molar-refractivity contribution in [2.24, 2.45) is 17.3 Å². The quantitative estimate of drug-likeness (QED) is 0.624. The molecule has 0 radical (unpaired) electrons. The highest BCUT2D eigenvalue weighted by atomic mass is 14.9. The van der Waals surface area contributed by atoms with E-state index in [1.165, 1.54) is 32.4 Å². The predicted octanol–water partition coefficient (Wildman–Crippen LogP) is 3.06. The molecule has 1 fully saturated rings. The number of rotatable bonds is 6. The summed E-state index contributed by atoms with van der Waals surface area (Å²) in [7, 11) is 0. The molecule has 0 heterocycles. The van der Waals surface area contributed by atoms with Crippen LogP contribution in [0.4, 0.5) is 0 Å². The third-order valence-corrected chi connectivity index (χ3v) is 3.18. The zero-order valence-corrected chi connectivity index (χ0v) is 9.69. The molecule has 0 aromatic rings. The largest absolute Gasteiger partial charge is 0.316 e. The van der Waals surface area contributed by atoms with Crippen molar-refractivity contribution in [3.8, 4) is 0 Å². The first kappa shape index (κ1) is 11.0. The van der Waals surface area contributed by atoms with Crippen LogP contribution in [0.2, 0.25) is 0 Å². The maximum absolute atomic E-state index is 3.52. The average molecular weight is 183 g/mol. The first-order valence-electron chi connectivity index (χ1n) is 5.73. The van der Waals surface area contributed by atoms with Gasteiger partial charge in [-0.1, -0.05) is 27.7 Å². The standard InChI is InChI=1S/C12H25N/c1-10(2)9-13-8-7-12(3,4)11-5-6-11/h10-11,13H,5-9H2,1-4H3. The van der Waals surface area contributed by atoms with E-state index < -0.39 is 0 Å². The maximum atomic E-state index is 3.52. The summed E-state index contributed by atoms with van der Waals surface area (Å²) in [5, 5.41) is 3.52. The molecule has 1 nitrogen and oxygen atoms in total. The predicted molar refractivity (Wildman–Crippen MR) is 58.8 cm³/mol. The summed E-state index contributed by atoms with van der Waals surface area (Å²) >= 11 is 0. The Bertz CT molecular complexity index is 145.